The zero-order valence-corrected chi connectivity index (χ0v) is 22.7. The van der Waals surface area contributed by atoms with Crippen molar-refractivity contribution in [2.24, 2.45) is 0 Å². The lowest BCUT2D eigenvalue weighted by Gasteiger charge is -2.47. The molecular weight excluding hydrogens is 458 g/mol. The van der Waals surface area contributed by atoms with Crippen LogP contribution in [0.4, 0.5) is 0 Å². The molecule has 6 nitrogen and oxygen atoms in total. The Morgan fingerprint density at radius 3 is 2.17 bits per heavy atom. The summed E-state index contributed by atoms with van der Waals surface area (Å²) in [5, 5.41) is 10.2. The average molecular weight is 500 g/mol. The molecule has 35 heavy (non-hydrogen) atoms. The van der Waals surface area contributed by atoms with Crippen molar-refractivity contribution in [3.05, 3.63) is 72.3 Å². The van der Waals surface area contributed by atoms with Gasteiger partial charge in [-0.3, -0.25) is 9.80 Å². The van der Waals surface area contributed by atoms with Crippen LogP contribution in [0, 0.1) is 0 Å². The standard InChI is InChI=1S/C28H41N3O3S/c1-8-16-29-18-23(7)30(19-22(29)6)28(25-10-9-11-26(32)17-25)24-12-14-27(15-13-24)35(33,34)31(20(2)3)21(4)5/h8-15,17,20-23,28,32H,1,16,18-19H2,2-7H3. The molecule has 2 aromatic carbocycles. The maximum Gasteiger partial charge on any atom is 0.243 e. The van der Waals surface area contributed by atoms with Crippen LogP contribution in [0.5, 0.6) is 5.75 Å². The Hall–Kier alpha value is -2.19. The van der Waals surface area contributed by atoms with Gasteiger partial charge in [0.15, 0.2) is 0 Å². The Bertz CT molecular complexity index is 1090. The molecule has 0 spiro atoms. The quantitative estimate of drug-likeness (QED) is 0.499. The smallest absolute Gasteiger partial charge is 0.243 e. The molecule has 1 heterocycles. The van der Waals surface area contributed by atoms with E-state index < -0.39 is 10.0 Å². The highest BCUT2D eigenvalue weighted by Gasteiger charge is 2.35. The van der Waals surface area contributed by atoms with Crippen molar-refractivity contribution in [1.29, 1.82) is 0 Å². The molecule has 0 amide bonds. The van der Waals surface area contributed by atoms with Gasteiger partial charge in [-0.05, 0) is 76.9 Å². The number of benzene rings is 2. The van der Waals surface area contributed by atoms with Gasteiger partial charge in [0.2, 0.25) is 10.0 Å². The molecule has 0 saturated carbocycles. The molecule has 1 fully saturated rings. The molecule has 192 valence electrons. The molecular formula is C28H41N3O3S. The highest BCUT2D eigenvalue weighted by atomic mass is 32.2. The first-order valence-electron chi connectivity index (χ1n) is 12.5. The van der Waals surface area contributed by atoms with Gasteiger partial charge < -0.3 is 5.11 Å². The number of hydrogen-bond acceptors (Lipinski definition) is 5. The normalized spacial score (nSPS) is 21.1. The minimum Gasteiger partial charge on any atom is -0.508 e. The van der Waals surface area contributed by atoms with Crippen molar-refractivity contribution >= 4 is 10.0 Å². The molecule has 3 rings (SSSR count). The van der Waals surface area contributed by atoms with Crippen molar-refractivity contribution in [3.8, 4) is 5.75 Å². The van der Waals surface area contributed by atoms with Gasteiger partial charge in [0.05, 0.1) is 10.9 Å². The summed E-state index contributed by atoms with van der Waals surface area (Å²) in [6.07, 6.45) is 1.95. The third kappa shape index (κ3) is 5.97. The molecule has 0 aliphatic carbocycles. The summed E-state index contributed by atoms with van der Waals surface area (Å²) < 4.78 is 28.3. The fourth-order valence-electron chi connectivity index (χ4n) is 5.37. The fraction of sp³-hybridized carbons (Fsp3) is 0.500. The van der Waals surface area contributed by atoms with Gasteiger partial charge in [-0.1, -0.05) is 30.3 Å². The summed E-state index contributed by atoms with van der Waals surface area (Å²) in [6, 6.07) is 14.9. The highest BCUT2D eigenvalue weighted by molar-refractivity contribution is 7.89. The van der Waals surface area contributed by atoms with E-state index in [9.17, 15) is 13.5 Å². The third-order valence-electron chi connectivity index (χ3n) is 6.83. The predicted octanol–water partition coefficient (Wildman–Crippen LogP) is 4.87. The van der Waals surface area contributed by atoms with Crippen LogP contribution in [0.3, 0.4) is 0 Å². The van der Waals surface area contributed by atoms with Gasteiger partial charge in [-0.25, -0.2) is 8.42 Å². The number of phenols is 1. The molecule has 0 aromatic heterocycles. The average Bonchev–Trinajstić information content (AvgIpc) is 2.77. The fourth-order valence-corrected chi connectivity index (χ4v) is 7.20. The van der Waals surface area contributed by atoms with E-state index in [1.807, 2.05) is 64.1 Å². The number of sulfonamides is 1. The minimum atomic E-state index is -3.61. The zero-order chi connectivity index (χ0) is 25.9. The first-order valence-corrected chi connectivity index (χ1v) is 13.9. The van der Waals surface area contributed by atoms with Crippen LogP contribution in [0.2, 0.25) is 0 Å². The van der Waals surface area contributed by atoms with E-state index in [-0.39, 0.29) is 29.9 Å². The molecule has 1 N–H and O–H groups in total. The lowest BCUT2D eigenvalue weighted by Crippen LogP contribution is -2.57. The van der Waals surface area contributed by atoms with Crippen molar-refractivity contribution in [2.45, 2.75) is 76.6 Å². The van der Waals surface area contributed by atoms with Crippen LogP contribution in [-0.4, -0.2) is 71.4 Å². The molecule has 0 bridgehead atoms. The molecule has 3 atom stereocenters. The zero-order valence-electron chi connectivity index (χ0n) is 21.9. The second kappa shape index (κ2) is 11.2. The number of hydrogen-bond donors (Lipinski definition) is 1. The number of rotatable bonds is 9. The first-order chi connectivity index (χ1) is 16.5. The molecule has 2 aromatic rings. The van der Waals surface area contributed by atoms with E-state index in [1.165, 1.54) is 0 Å². The Balaban J connectivity index is 2.02. The Labute approximate surface area is 211 Å². The molecule has 0 radical (unpaired) electrons. The van der Waals surface area contributed by atoms with Gasteiger partial charge in [-0.15, -0.1) is 6.58 Å². The van der Waals surface area contributed by atoms with Gasteiger partial charge in [0, 0.05) is 43.8 Å². The van der Waals surface area contributed by atoms with Crippen molar-refractivity contribution in [2.75, 3.05) is 19.6 Å². The van der Waals surface area contributed by atoms with Crippen LogP contribution in [0.15, 0.2) is 66.1 Å². The third-order valence-corrected chi connectivity index (χ3v) is 9.10. The van der Waals surface area contributed by atoms with Crippen LogP contribution in [-0.2, 0) is 10.0 Å². The predicted molar refractivity (Wildman–Crippen MR) is 143 cm³/mol. The van der Waals surface area contributed by atoms with Crippen molar-refractivity contribution in [3.63, 3.8) is 0 Å². The van der Waals surface area contributed by atoms with Crippen LogP contribution < -0.4 is 0 Å². The summed E-state index contributed by atoms with van der Waals surface area (Å²) in [6.45, 7) is 18.6. The summed E-state index contributed by atoms with van der Waals surface area (Å²) in [4.78, 5) is 5.18. The number of phenolic OH excluding ortho intramolecular Hbond substituents is 1. The van der Waals surface area contributed by atoms with E-state index in [0.717, 1.165) is 30.8 Å². The Morgan fingerprint density at radius 2 is 1.63 bits per heavy atom. The lowest BCUT2D eigenvalue weighted by atomic mass is 9.93. The highest BCUT2D eigenvalue weighted by Crippen LogP contribution is 2.35. The molecule has 1 saturated heterocycles. The van der Waals surface area contributed by atoms with E-state index in [0.29, 0.717) is 10.9 Å². The first kappa shape index (κ1) is 27.4. The summed E-state index contributed by atoms with van der Waals surface area (Å²) in [5.74, 6) is 0.224. The van der Waals surface area contributed by atoms with E-state index in [2.05, 4.69) is 30.2 Å². The van der Waals surface area contributed by atoms with E-state index in [4.69, 9.17) is 0 Å². The van der Waals surface area contributed by atoms with Crippen molar-refractivity contribution in [1.82, 2.24) is 14.1 Å². The number of piperazine rings is 1. The largest absolute Gasteiger partial charge is 0.508 e. The van der Waals surface area contributed by atoms with Gasteiger partial charge in [-0.2, -0.15) is 4.31 Å². The maximum absolute atomic E-state index is 13.4. The van der Waals surface area contributed by atoms with Crippen LogP contribution in [0.25, 0.3) is 0 Å². The van der Waals surface area contributed by atoms with Gasteiger partial charge in [0.25, 0.3) is 0 Å². The van der Waals surface area contributed by atoms with Crippen LogP contribution in [0.1, 0.15) is 58.7 Å². The maximum atomic E-state index is 13.4. The molecule has 1 aliphatic rings. The molecule has 7 heteroatoms. The summed E-state index contributed by atoms with van der Waals surface area (Å²) >= 11 is 0. The van der Waals surface area contributed by atoms with E-state index in [1.54, 1.807) is 22.5 Å². The number of aromatic hydroxyl groups is 1. The Morgan fingerprint density at radius 1 is 1.00 bits per heavy atom. The van der Waals surface area contributed by atoms with Gasteiger partial charge in [0.1, 0.15) is 5.75 Å². The summed E-state index contributed by atoms with van der Waals surface area (Å²) in [5.41, 5.74) is 1.99. The summed E-state index contributed by atoms with van der Waals surface area (Å²) in [7, 11) is -3.61. The minimum absolute atomic E-state index is 0.103. The Kier molecular flexibility index (Phi) is 8.81. The lowest BCUT2D eigenvalue weighted by molar-refractivity contribution is 0.0306. The van der Waals surface area contributed by atoms with Crippen LogP contribution >= 0.6 is 0 Å². The van der Waals surface area contributed by atoms with Crippen molar-refractivity contribution < 1.29 is 13.5 Å². The van der Waals surface area contributed by atoms with Gasteiger partial charge >= 0.3 is 0 Å². The second-order valence-electron chi connectivity index (χ2n) is 10.2. The SMILES string of the molecule is C=CCN1CC(C)N(C(c2ccc(S(=O)(=O)N(C(C)C)C(C)C)cc2)c2cccc(O)c2)CC1C. The van der Waals surface area contributed by atoms with E-state index >= 15 is 0 Å². The monoisotopic (exact) mass is 499 g/mol. The second-order valence-corrected chi connectivity index (χ2v) is 12.1. The topological polar surface area (TPSA) is 64.1 Å². The number of nitrogens with zero attached hydrogens (tertiary/aromatic N) is 3. The molecule has 1 aliphatic heterocycles. The molecule has 3 unspecified atom stereocenters.